The predicted octanol–water partition coefficient (Wildman–Crippen LogP) is 6.30. The van der Waals surface area contributed by atoms with Crippen LogP contribution in [0.3, 0.4) is 0 Å². The second-order valence-corrected chi connectivity index (χ2v) is 8.86. The summed E-state index contributed by atoms with van der Waals surface area (Å²) in [6.45, 7) is 4.06. The van der Waals surface area contributed by atoms with E-state index in [-0.39, 0.29) is 6.42 Å². The Hall–Kier alpha value is -2.67. The van der Waals surface area contributed by atoms with Gasteiger partial charge in [-0.3, -0.25) is 0 Å². The van der Waals surface area contributed by atoms with Crippen molar-refractivity contribution in [1.82, 2.24) is 5.32 Å². The third-order valence-corrected chi connectivity index (χ3v) is 4.60. The van der Waals surface area contributed by atoms with E-state index in [4.69, 9.17) is 9.47 Å². The van der Waals surface area contributed by atoms with Gasteiger partial charge in [0.05, 0.1) is 6.61 Å². The number of carbonyl (C=O) groups excluding carboxylic acids is 2. The Balaban J connectivity index is 2.72. The molecule has 1 aromatic carbocycles. The van der Waals surface area contributed by atoms with Crippen molar-refractivity contribution in [2.45, 2.75) is 82.0 Å². The molecule has 0 saturated carbocycles. The summed E-state index contributed by atoms with van der Waals surface area (Å²) in [5, 5.41) is 2.29. The van der Waals surface area contributed by atoms with Gasteiger partial charge in [0.2, 0.25) is 0 Å². The molecule has 1 rings (SSSR count). The van der Waals surface area contributed by atoms with Gasteiger partial charge in [-0.05, 0) is 39.2 Å². The van der Waals surface area contributed by atoms with E-state index >= 15 is 0 Å². The molecule has 0 saturated heterocycles. The summed E-state index contributed by atoms with van der Waals surface area (Å²) < 4.78 is 126. The highest BCUT2D eigenvalue weighted by atomic mass is 19.4. The van der Waals surface area contributed by atoms with E-state index in [0.717, 1.165) is 0 Å². The molecule has 0 radical (unpaired) electrons. The first kappa shape index (κ1) is 31.4. The lowest BCUT2D eigenvalue weighted by molar-refractivity contribution is -0.396. The first-order chi connectivity index (χ1) is 16.2. The topological polar surface area (TPSA) is 64.6 Å². The average molecular weight is 539 g/mol. The molecule has 0 aliphatic rings. The van der Waals surface area contributed by atoms with E-state index < -0.39 is 73.5 Å². The second-order valence-electron chi connectivity index (χ2n) is 8.86. The lowest BCUT2D eigenvalue weighted by Crippen LogP contribution is -2.60. The number of hydrogen-bond acceptors (Lipinski definition) is 4. The molecule has 206 valence electrons. The zero-order chi connectivity index (χ0) is 28.0. The monoisotopic (exact) mass is 539 g/mol. The van der Waals surface area contributed by atoms with Gasteiger partial charge >= 0.3 is 36.0 Å². The summed E-state index contributed by atoms with van der Waals surface area (Å²) >= 11 is 0. The number of nitrogens with one attached hydrogen (secondary N) is 1. The first-order valence-corrected chi connectivity index (χ1v) is 10.6. The van der Waals surface area contributed by atoms with E-state index in [9.17, 15) is 49.1 Å². The number of benzene rings is 1. The number of hydrogen-bond donors (Lipinski definition) is 1. The van der Waals surface area contributed by atoms with Crippen LogP contribution in [0.25, 0.3) is 0 Å². The fourth-order valence-electron chi connectivity index (χ4n) is 2.78. The minimum Gasteiger partial charge on any atom is -0.464 e. The van der Waals surface area contributed by atoms with E-state index in [2.05, 4.69) is 5.32 Å². The average Bonchev–Trinajstić information content (AvgIpc) is 2.71. The number of rotatable bonds is 11. The van der Waals surface area contributed by atoms with Gasteiger partial charge in [0.25, 0.3) is 0 Å². The van der Waals surface area contributed by atoms with Crippen molar-refractivity contribution in [3.63, 3.8) is 0 Å². The highest BCUT2D eigenvalue weighted by molar-refractivity contribution is 5.81. The fourth-order valence-corrected chi connectivity index (χ4v) is 2.78. The SMILES string of the molecule is CC(C)(C)OC(=O)N[C@@H](Cc1ccccc1)C(=O)OCCCCC(F)(F)C(F)(F)C(F)(F)C(F)(F)F. The number of esters is 1. The summed E-state index contributed by atoms with van der Waals surface area (Å²) in [6, 6.07) is 6.99. The van der Waals surface area contributed by atoms with Crippen LogP contribution in [0.5, 0.6) is 0 Å². The summed E-state index contributed by atoms with van der Waals surface area (Å²) in [5.41, 5.74) is -0.301. The minimum absolute atomic E-state index is 0.0598. The quantitative estimate of drug-likeness (QED) is 0.204. The molecule has 14 heteroatoms. The minimum atomic E-state index is -6.95. The molecule has 1 N–H and O–H groups in total. The third-order valence-electron chi connectivity index (χ3n) is 4.60. The Morgan fingerprint density at radius 2 is 1.42 bits per heavy atom. The van der Waals surface area contributed by atoms with Gasteiger partial charge in [-0.15, -0.1) is 0 Å². The summed E-state index contributed by atoms with van der Waals surface area (Å²) in [7, 11) is 0. The smallest absolute Gasteiger partial charge is 0.460 e. The van der Waals surface area contributed by atoms with Crippen LogP contribution in [-0.4, -0.2) is 54.3 Å². The number of halogens is 9. The van der Waals surface area contributed by atoms with Gasteiger partial charge in [0.1, 0.15) is 11.6 Å². The molecule has 0 aliphatic carbocycles. The summed E-state index contributed by atoms with van der Waals surface area (Å²) in [4.78, 5) is 24.5. The van der Waals surface area contributed by atoms with Gasteiger partial charge in [-0.1, -0.05) is 30.3 Å². The summed E-state index contributed by atoms with van der Waals surface area (Å²) in [5.74, 6) is -20.4. The summed E-state index contributed by atoms with van der Waals surface area (Å²) in [6.07, 6.45) is -11.5. The number of amides is 1. The lowest BCUT2D eigenvalue weighted by atomic mass is 9.99. The van der Waals surface area contributed by atoms with Crippen molar-refractivity contribution in [3.8, 4) is 0 Å². The van der Waals surface area contributed by atoms with E-state index in [1.165, 1.54) is 0 Å². The Morgan fingerprint density at radius 1 is 0.861 bits per heavy atom. The van der Waals surface area contributed by atoms with Gasteiger partial charge in [0, 0.05) is 12.8 Å². The molecule has 1 amide bonds. The number of alkyl carbamates (subject to hydrolysis) is 1. The molecule has 0 unspecified atom stereocenters. The largest absolute Gasteiger partial charge is 0.464 e. The zero-order valence-corrected chi connectivity index (χ0v) is 19.5. The van der Waals surface area contributed by atoms with Crippen molar-refractivity contribution in [3.05, 3.63) is 35.9 Å². The maximum atomic E-state index is 13.6. The van der Waals surface area contributed by atoms with E-state index in [1.54, 1.807) is 51.1 Å². The Bertz CT molecular complexity index is 869. The van der Waals surface area contributed by atoms with Crippen LogP contribution in [0.2, 0.25) is 0 Å². The van der Waals surface area contributed by atoms with Crippen molar-refractivity contribution in [2.24, 2.45) is 0 Å². The molecule has 0 spiro atoms. The zero-order valence-electron chi connectivity index (χ0n) is 19.5. The van der Waals surface area contributed by atoms with Gasteiger partial charge < -0.3 is 14.8 Å². The van der Waals surface area contributed by atoms with E-state index in [1.807, 2.05) is 0 Å². The Morgan fingerprint density at radius 3 is 1.92 bits per heavy atom. The second kappa shape index (κ2) is 11.6. The molecule has 0 bridgehead atoms. The van der Waals surface area contributed by atoms with Gasteiger partial charge in [0.15, 0.2) is 0 Å². The number of ether oxygens (including phenoxy) is 2. The number of carbonyl (C=O) groups is 2. The van der Waals surface area contributed by atoms with Crippen LogP contribution in [0.1, 0.15) is 45.6 Å². The van der Waals surface area contributed by atoms with Crippen LogP contribution < -0.4 is 5.32 Å². The van der Waals surface area contributed by atoms with Crippen LogP contribution in [0, 0.1) is 0 Å². The molecular formula is C22H26F9NO4. The molecule has 1 atom stereocenters. The Kier molecular flexibility index (Phi) is 10.1. The molecule has 5 nitrogen and oxygen atoms in total. The van der Waals surface area contributed by atoms with Crippen molar-refractivity contribution in [1.29, 1.82) is 0 Å². The maximum Gasteiger partial charge on any atom is 0.460 e. The van der Waals surface area contributed by atoms with Gasteiger partial charge in [-0.2, -0.15) is 39.5 Å². The number of alkyl halides is 9. The molecule has 0 heterocycles. The van der Waals surface area contributed by atoms with Crippen LogP contribution >= 0.6 is 0 Å². The third kappa shape index (κ3) is 8.47. The van der Waals surface area contributed by atoms with Crippen LogP contribution in [0.15, 0.2) is 30.3 Å². The van der Waals surface area contributed by atoms with Crippen molar-refractivity contribution >= 4 is 12.1 Å². The Labute approximate surface area is 201 Å². The van der Waals surface area contributed by atoms with E-state index in [0.29, 0.717) is 5.56 Å². The van der Waals surface area contributed by atoms with Crippen molar-refractivity contribution < 1.29 is 58.6 Å². The molecule has 0 aromatic heterocycles. The maximum absolute atomic E-state index is 13.6. The lowest BCUT2D eigenvalue weighted by Gasteiger charge is -2.33. The normalized spacial score (nSPS) is 14.2. The number of unbranched alkanes of at least 4 members (excludes halogenated alkanes) is 1. The molecule has 0 fully saturated rings. The van der Waals surface area contributed by atoms with Crippen LogP contribution in [-0.2, 0) is 20.7 Å². The fraction of sp³-hybridized carbons (Fsp3) is 0.636. The predicted molar refractivity (Wildman–Crippen MR) is 109 cm³/mol. The first-order valence-electron chi connectivity index (χ1n) is 10.6. The van der Waals surface area contributed by atoms with Gasteiger partial charge in [-0.25, -0.2) is 9.59 Å². The molecule has 0 aliphatic heterocycles. The standard InChI is InChI=1S/C22H26F9NO4/c1-18(2,3)36-17(34)32-15(13-14-9-5-4-6-10-14)16(33)35-12-8-7-11-19(23,24)20(25,26)21(27,28)22(29,30)31/h4-6,9-10,15H,7-8,11-13H2,1-3H3,(H,32,34)/t15-/m0/s1. The highest BCUT2D eigenvalue weighted by Crippen LogP contribution is 2.54. The van der Waals surface area contributed by atoms with Crippen molar-refractivity contribution in [2.75, 3.05) is 6.61 Å². The molecule has 36 heavy (non-hydrogen) atoms. The molecule has 1 aromatic rings. The van der Waals surface area contributed by atoms with Crippen LogP contribution in [0.4, 0.5) is 44.3 Å². The highest BCUT2D eigenvalue weighted by Gasteiger charge is 2.81. The molecular weight excluding hydrogens is 513 g/mol.